The van der Waals surface area contributed by atoms with E-state index >= 15 is 0 Å². The molecule has 21 heavy (non-hydrogen) atoms. The Morgan fingerprint density at radius 3 is 2.90 bits per heavy atom. The zero-order chi connectivity index (χ0) is 15.4. The Bertz CT molecular complexity index is 489. The molecular weight excluding hydrogens is 310 g/mol. The fourth-order valence-electron chi connectivity index (χ4n) is 2.14. The largest absolute Gasteiger partial charge is 0.472 e. The molecule has 6 nitrogen and oxygen atoms in total. The summed E-state index contributed by atoms with van der Waals surface area (Å²) in [5, 5.41) is 9.51. The van der Waals surface area contributed by atoms with Gasteiger partial charge in [0, 0.05) is 18.7 Å². The van der Waals surface area contributed by atoms with Crippen molar-refractivity contribution in [1.29, 1.82) is 0 Å². The highest BCUT2D eigenvalue weighted by Gasteiger charge is 2.37. The molecule has 0 bridgehead atoms. The quantitative estimate of drug-likeness (QED) is 0.901. The SMILES string of the molecule is O=C(O)N1C[C@@H](Oc2ccc(Cl)cn2)C[C@H]1COC(F)F. The van der Waals surface area contributed by atoms with Gasteiger partial charge in [0.2, 0.25) is 5.88 Å². The molecule has 0 unspecified atom stereocenters. The third-order valence-corrected chi connectivity index (χ3v) is 3.25. The molecule has 0 aromatic carbocycles. The van der Waals surface area contributed by atoms with Crippen LogP contribution in [0.1, 0.15) is 6.42 Å². The van der Waals surface area contributed by atoms with Crippen LogP contribution in [0.3, 0.4) is 0 Å². The number of nitrogens with zero attached hydrogens (tertiary/aromatic N) is 2. The molecule has 0 aliphatic carbocycles. The topological polar surface area (TPSA) is 71.9 Å². The maximum Gasteiger partial charge on any atom is 0.407 e. The molecule has 1 aliphatic rings. The minimum absolute atomic E-state index is 0.0664. The smallest absolute Gasteiger partial charge is 0.407 e. The Hall–Kier alpha value is -1.67. The van der Waals surface area contributed by atoms with Crippen LogP contribution in [0.5, 0.6) is 5.88 Å². The van der Waals surface area contributed by atoms with Gasteiger partial charge in [0.15, 0.2) is 0 Å². The maximum absolute atomic E-state index is 12.1. The molecule has 9 heteroatoms. The van der Waals surface area contributed by atoms with E-state index in [1.165, 1.54) is 6.20 Å². The number of ether oxygens (including phenoxy) is 2. The zero-order valence-electron chi connectivity index (χ0n) is 10.8. The Morgan fingerprint density at radius 2 is 2.33 bits per heavy atom. The number of carbonyl (C=O) groups is 1. The van der Waals surface area contributed by atoms with Crippen LogP contribution in [0.15, 0.2) is 18.3 Å². The highest BCUT2D eigenvalue weighted by atomic mass is 35.5. The molecule has 116 valence electrons. The summed E-state index contributed by atoms with van der Waals surface area (Å²) >= 11 is 5.70. The number of aromatic nitrogens is 1. The third-order valence-electron chi connectivity index (χ3n) is 3.02. The second-order valence-electron chi connectivity index (χ2n) is 4.47. The Labute approximate surface area is 124 Å². The maximum atomic E-state index is 12.1. The van der Waals surface area contributed by atoms with Gasteiger partial charge in [-0.25, -0.2) is 9.78 Å². The van der Waals surface area contributed by atoms with Crippen molar-refractivity contribution in [2.75, 3.05) is 13.2 Å². The molecule has 1 aliphatic heterocycles. The molecule has 2 heterocycles. The number of halogens is 3. The van der Waals surface area contributed by atoms with Gasteiger partial charge in [-0.05, 0) is 6.07 Å². The molecule has 2 atom stereocenters. The van der Waals surface area contributed by atoms with Crippen LogP contribution in [0.25, 0.3) is 0 Å². The van der Waals surface area contributed by atoms with Crippen LogP contribution in [-0.4, -0.2) is 53.0 Å². The van der Waals surface area contributed by atoms with Crippen molar-refractivity contribution >= 4 is 17.7 Å². The highest BCUT2D eigenvalue weighted by molar-refractivity contribution is 6.30. The third kappa shape index (κ3) is 4.40. The second kappa shape index (κ2) is 6.86. The van der Waals surface area contributed by atoms with Gasteiger partial charge in [-0.1, -0.05) is 11.6 Å². The first-order valence-electron chi connectivity index (χ1n) is 6.13. The molecular formula is C12H13ClF2N2O4. The molecule has 0 radical (unpaired) electrons. The average Bonchev–Trinajstić information content (AvgIpc) is 2.82. The molecule has 1 fully saturated rings. The average molecular weight is 323 g/mol. The molecule has 1 N–H and O–H groups in total. The number of hydrogen-bond acceptors (Lipinski definition) is 4. The summed E-state index contributed by atoms with van der Waals surface area (Å²) in [7, 11) is 0. The summed E-state index contributed by atoms with van der Waals surface area (Å²) in [6.07, 6.45) is -0.0179. The van der Waals surface area contributed by atoms with Crippen LogP contribution < -0.4 is 4.74 Å². The van der Waals surface area contributed by atoms with Crippen molar-refractivity contribution in [2.45, 2.75) is 25.2 Å². The lowest BCUT2D eigenvalue weighted by molar-refractivity contribution is -0.137. The zero-order valence-corrected chi connectivity index (χ0v) is 11.5. The van der Waals surface area contributed by atoms with Crippen molar-refractivity contribution in [3.8, 4) is 5.88 Å². The summed E-state index contributed by atoms with van der Waals surface area (Å²) < 4.78 is 33.8. The van der Waals surface area contributed by atoms with Gasteiger partial charge in [-0.3, -0.25) is 4.90 Å². The Morgan fingerprint density at radius 1 is 1.57 bits per heavy atom. The summed E-state index contributed by atoms with van der Waals surface area (Å²) in [6, 6.07) is 2.47. The lowest BCUT2D eigenvalue weighted by Gasteiger charge is -2.20. The number of hydrogen-bond donors (Lipinski definition) is 1. The van der Waals surface area contributed by atoms with Crippen molar-refractivity contribution in [1.82, 2.24) is 9.88 Å². The fourth-order valence-corrected chi connectivity index (χ4v) is 2.25. The summed E-state index contributed by atoms with van der Waals surface area (Å²) in [5.74, 6) is 0.296. The number of pyridine rings is 1. The molecule has 1 amide bonds. The summed E-state index contributed by atoms with van der Waals surface area (Å²) in [5.41, 5.74) is 0. The van der Waals surface area contributed by atoms with Crippen molar-refractivity contribution in [3.05, 3.63) is 23.4 Å². The Kier molecular flexibility index (Phi) is 5.13. The van der Waals surface area contributed by atoms with Gasteiger partial charge in [-0.15, -0.1) is 0 Å². The van der Waals surface area contributed by atoms with Crippen molar-refractivity contribution in [2.24, 2.45) is 0 Å². The monoisotopic (exact) mass is 322 g/mol. The second-order valence-corrected chi connectivity index (χ2v) is 4.91. The predicted molar refractivity (Wildman–Crippen MR) is 68.8 cm³/mol. The van der Waals surface area contributed by atoms with Crippen molar-refractivity contribution in [3.63, 3.8) is 0 Å². The van der Waals surface area contributed by atoms with Gasteiger partial charge < -0.3 is 14.6 Å². The lowest BCUT2D eigenvalue weighted by atomic mass is 10.2. The van der Waals surface area contributed by atoms with E-state index in [0.29, 0.717) is 10.9 Å². The van der Waals surface area contributed by atoms with Gasteiger partial charge in [0.1, 0.15) is 6.10 Å². The van der Waals surface area contributed by atoms with Crippen LogP contribution in [0, 0.1) is 0 Å². The number of rotatable bonds is 5. The number of amides is 1. The molecule has 1 aromatic heterocycles. The minimum Gasteiger partial charge on any atom is -0.472 e. The lowest BCUT2D eigenvalue weighted by Crippen LogP contribution is -2.38. The normalized spacial score (nSPS) is 21.8. The predicted octanol–water partition coefficient (Wildman–Crippen LogP) is 2.47. The van der Waals surface area contributed by atoms with E-state index in [1.807, 2.05) is 0 Å². The Balaban J connectivity index is 1.96. The number of likely N-dealkylation sites (tertiary alicyclic amines) is 1. The van der Waals surface area contributed by atoms with Gasteiger partial charge in [0.25, 0.3) is 0 Å². The van der Waals surface area contributed by atoms with E-state index in [-0.39, 0.29) is 19.6 Å². The van der Waals surface area contributed by atoms with E-state index in [4.69, 9.17) is 21.4 Å². The summed E-state index contributed by atoms with van der Waals surface area (Å²) in [4.78, 5) is 16.1. The van der Waals surface area contributed by atoms with Crippen LogP contribution >= 0.6 is 11.6 Å². The molecule has 0 spiro atoms. The van der Waals surface area contributed by atoms with Gasteiger partial charge in [0.05, 0.1) is 24.2 Å². The molecule has 1 aromatic rings. The standard InChI is InChI=1S/C12H13ClF2N2O4/c13-7-1-2-10(16-4-7)21-9-3-8(6-20-11(14)15)17(5-9)12(18)19/h1-2,4,8-9,11H,3,5-6H2,(H,18,19)/t8-,9-/m0/s1. The molecule has 1 saturated heterocycles. The van der Waals surface area contributed by atoms with E-state index in [0.717, 1.165) is 4.90 Å². The van der Waals surface area contributed by atoms with E-state index < -0.39 is 24.9 Å². The highest BCUT2D eigenvalue weighted by Crippen LogP contribution is 2.23. The van der Waals surface area contributed by atoms with Crippen LogP contribution in [-0.2, 0) is 4.74 Å². The van der Waals surface area contributed by atoms with Gasteiger partial charge in [-0.2, -0.15) is 8.78 Å². The van der Waals surface area contributed by atoms with E-state index in [1.54, 1.807) is 12.1 Å². The fraction of sp³-hybridized carbons (Fsp3) is 0.500. The van der Waals surface area contributed by atoms with Crippen LogP contribution in [0.4, 0.5) is 13.6 Å². The first kappa shape index (κ1) is 15.7. The van der Waals surface area contributed by atoms with E-state index in [2.05, 4.69) is 9.72 Å². The van der Waals surface area contributed by atoms with E-state index in [9.17, 15) is 13.6 Å². The van der Waals surface area contributed by atoms with Gasteiger partial charge >= 0.3 is 12.7 Å². The number of carboxylic acid groups (broad SMARTS) is 1. The summed E-state index contributed by atoms with van der Waals surface area (Å²) in [6.45, 7) is -3.24. The minimum atomic E-state index is -2.93. The van der Waals surface area contributed by atoms with Crippen molar-refractivity contribution < 1.29 is 28.2 Å². The van der Waals surface area contributed by atoms with Crippen LogP contribution in [0.2, 0.25) is 5.02 Å². The number of alkyl halides is 2. The first-order valence-corrected chi connectivity index (χ1v) is 6.51. The molecule has 2 rings (SSSR count). The first-order chi connectivity index (χ1) is 9.95. The molecule has 0 saturated carbocycles.